The summed E-state index contributed by atoms with van der Waals surface area (Å²) in [6.45, 7) is 1.84. The first-order valence-electron chi connectivity index (χ1n) is 7.23. The summed E-state index contributed by atoms with van der Waals surface area (Å²) in [5, 5.41) is 19.4. The van der Waals surface area contributed by atoms with Crippen LogP contribution in [-0.4, -0.2) is 29.6 Å². The van der Waals surface area contributed by atoms with E-state index in [0.717, 1.165) is 11.6 Å². The van der Waals surface area contributed by atoms with Gasteiger partial charge in [-0.25, -0.2) is 18.2 Å². The molecule has 3 aromatic rings. The Kier molecular flexibility index (Phi) is 4.05. The van der Waals surface area contributed by atoms with Gasteiger partial charge in [-0.2, -0.15) is 0 Å². The molecule has 0 saturated heterocycles. The average Bonchev–Trinajstić information content (AvgIpc) is 2.55. The van der Waals surface area contributed by atoms with Crippen LogP contribution in [0.5, 0.6) is 5.75 Å². The van der Waals surface area contributed by atoms with Gasteiger partial charge in [-0.3, -0.25) is 4.72 Å². The van der Waals surface area contributed by atoms with Crippen LogP contribution in [0.1, 0.15) is 16.1 Å². The molecule has 1 aromatic heterocycles. The van der Waals surface area contributed by atoms with E-state index >= 15 is 0 Å². The number of carboxylic acids is 1. The van der Waals surface area contributed by atoms with Gasteiger partial charge in [0.15, 0.2) is 5.69 Å². The lowest BCUT2D eigenvalue weighted by molar-refractivity contribution is 0.0691. The minimum atomic E-state index is -3.93. The third-order valence-corrected chi connectivity index (χ3v) is 4.99. The summed E-state index contributed by atoms with van der Waals surface area (Å²) in [6, 6.07) is 11.8. The van der Waals surface area contributed by atoms with Crippen LogP contribution in [0.4, 0.5) is 5.69 Å². The van der Waals surface area contributed by atoms with Crippen LogP contribution in [-0.2, 0) is 10.0 Å². The van der Waals surface area contributed by atoms with Crippen molar-refractivity contribution in [3.8, 4) is 5.75 Å². The first-order valence-corrected chi connectivity index (χ1v) is 8.72. The lowest BCUT2D eigenvalue weighted by Crippen LogP contribution is -2.14. The Labute approximate surface area is 143 Å². The average molecular weight is 358 g/mol. The quantitative estimate of drug-likeness (QED) is 0.660. The number of aromatic carboxylic acids is 1. The Balaban J connectivity index is 2.16. The van der Waals surface area contributed by atoms with Gasteiger partial charge in [0.25, 0.3) is 10.0 Å². The predicted octanol–water partition coefficient (Wildman–Crippen LogP) is 2.75. The SMILES string of the molecule is Cc1ccc(S(=O)(=O)Nc2cc(C(=O)O)nc3c(O)cccc23)cc1. The number of rotatable bonds is 4. The lowest BCUT2D eigenvalue weighted by atomic mass is 10.1. The molecule has 7 nitrogen and oxygen atoms in total. The van der Waals surface area contributed by atoms with Crippen molar-refractivity contribution in [1.82, 2.24) is 4.98 Å². The molecule has 0 spiro atoms. The number of aromatic hydroxyl groups is 1. The largest absolute Gasteiger partial charge is 0.506 e. The molecule has 0 aliphatic rings. The van der Waals surface area contributed by atoms with E-state index in [4.69, 9.17) is 0 Å². The van der Waals surface area contributed by atoms with Gasteiger partial charge in [0.05, 0.1) is 10.6 Å². The minimum absolute atomic E-state index is 0.00371. The Hall–Kier alpha value is -3.13. The van der Waals surface area contributed by atoms with Crippen LogP contribution in [0, 0.1) is 6.92 Å². The number of fused-ring (bicyclic) bond motifs is 1. The second-order valence-electron chi connectivity index (χ2n) is 5.45. The zero-order chi connectivity index (χ0) is 18.2. The number of carboxylic acid groups (broad SMARTS) is 1. The first kappa shape index (κ1) is 16.7. The van der Waals surface area contributed by atoms with Gasteiger partial charge in [0, 0.05) is 5.39 Å². The molecular formula is C17H14N2O5S. The van der Waals surface area contributed by atoms with Crippen molar-refractivity contribution in [3.63, 3.8) is 0 Å². The number of sulfonamides is 1. The molecule has 0 unspecified atom stereocenters. The first-order chi connectivity index (χ1) is 11.8. The number of aryl methyl sites for hydroxylation is 1. The van der Waals surface area contributed by atoms with E-state index < -0.39 is 16.0 Å². The maximum atomic E-state index is 12.6. The Morgan fingerprint density at radius 3 is 2.44 bits per heavy atom. The van der Waals surface area contributed by atoms with Crippen molar-refractivity contribution in [2.24, 2.45) is 0 Å². The van der Waals surface area contributed by atoms with Gasteiger partial charge >= 0.3 is 5.97 Å². The Morgan fingerprint density at radius 1 is 1.12 bits per heavy atom. The number of benzene rings is 2. The number of hydrogen-bond donors (Lipinski definition) is 3. The fourth-order valence-corrected chi connectivity index (χ4v) is 3.42. The summed E-state index contributed by atoms with van der Waals surface area (Å²) >= 11 is 0. The van der Waals surface area contributed by atoms with E-state index in [1.165, 1.54) is 24.3 Å². The molecule has 0 radical (unpaired) electrons. The van der Waals surface area contributed by atoms with Crippen LogP contribution in [0.25, 0.3) is 10.9 Å². The number of aromatic nitrogens is 1. The molecule has 0 amide bonds. The van der Waals surface area contributed by atoms with E-state index in [0.29, 0.717) is 5.39 Å². The Bertz CT molecular complexity index is 1080. The van der Waals surface area contributed by atoms with Crippen LogP contribution in [0.15, 0.2) is 53.4 Å². The Morgan fingerprint density at radius 2 is 1.80 bits per heavy atom. The third-order valence-electron chi connectivity index (χ3n) is 3.61. The molecule has 0 atom stereocenters. The van der Waals surface area contributed by atoms with E-state index in [9.17, 15) is 23.4 Å². The van der Waals surface area contributed by atoms with Crippen molar-refractivity contribution in [1.29, 1.82) is 0 Å². The highest BCUT2D eigenvalue weighted by atomic mass is 32.2. The molecule has 0 bridgehead atoms. The number of carbonyl (C=O) groups is 1. The topological polar surface area (TPSA) is 117 Å². The third kappa shape index (κ3) is 3.24. The lowest BCUT2D eigenvalue weighted by Gasteiger charge is -2.12. The molecule has 25 heavy (non-hydrogen) atoms. The molecule has 0 saturated carbocycles. The number of phenols is 1. The molecule has 2 aromatic carbocycles. The number of phenolic OH excluding ortho intramolecular Hbond substituents is 1. The second-order valence-corrected chi connectivity index (χ2v) is 7.13. The summed E-state index contributed by atoms with van der Waals surface area (Å²) < 4.78 is 27.5. The summed E-state index contributed by atoms with van der Waals surface area (Å²) in [4.78, 5) is 15.2. The monoisotopic (exact) mass is 358 g/mol. The highest BCUT2D eigenvalue weighted by Crippen LogP contribution is 2.30. The number of pyridine rings is 1. The summed E-state index contributed by atoms with van der Waals surface area (Å²) in [7, 11) is -3.93. The summed E-state index contributed by atoms with van der Waals surface area (Å²) in [6.07, 6.45) is 0. The molecular weight excluding hydrogens is 344 g/mol. The predicted molar refractivity (Wildman–Crippen MR) is 92.4 cm³/mol. The minimum Gasteiger partial charge on any atom is -0.506 e. The van der Waals surface area contributed by atoms with Crippen molar-refractivity contribution in [2.45, 2.75) is 11.8 Å². The van der Waals surface area contributed by atoms with Crippen LogP contribution >= 0.6 is 0 Å². The van der Waals surface area contributed by atoms with Crippen molar-refractivity contribution in [3.05, 3.63) is 59.8 Å². The number of hydrogen-bond acceptors (Lipinski definition) is 5. The summed E-state index contributed by atoms with van der Waals surface area (Å²) in [5.41, 5.74) is 0.560. The number of nitrogens with zero attached hydrogens (tertiary/aromatic N) is 1. The maximum Gasteiger partial charge on any atom is 0.354 e. The molecule has 3 rings (SSSR count). The smallest absolute Gasteiger partial charge is 0.354 e. The fourth-order valence-electron chi connectivity index (χ4n) is 2.35. The number of anilines is 1. The van der Waals surface area contributed by atoms with Gasteiger partial charge in [0.1, 0.15) is 11.3 Å². The van der Waals surface area contributed by atoms with E-state index in [-0.39, 0.29) is 27.5 Å². The van der Waals surface area contributed by atoms with Crippen LogP contribution in [0.2, 0.25) is 0 Å². The van der Waals surface area contributed by atoms with Crippen molar-refractivity contribution >= 4 is 32.6 Å². The molecule has 0 aliphatic carbocycles. The van der Waals surface area contributed by atoms with Gasteiger partial charge in [-0.05, 0) is 31.2 Å². The molecule has 0 fully saturated rings. The van der Waals surface area contributed by atoms with Crippen LogP contribution < -0.4 is 4.72 Å². The number of nitrogens with one attached hydrogen (secondary N) is 1. The molecule has 3 N–H and O–H groups in total. The normalized spacial score (nSPS) is 11.4. The van der Waals surface area contributed by atoms with Gasteiger partial charge in [-0.15, -0.1) is 0 Å². The summed E-state index contributed by atoms with van der Waals surface area (Å²) in [5.74, 6) is -1.57. The maximum absolute atomic E-state index is 12.6. The van der Waals surface area contributed by atoms with Crippen LogP contribution in [0.3, 0.4) is 0 Å². The molecule has 128 valence electrons. The standard InChI is InChI=1S/C17H14N2O5S/c1-10-5-7-11(8-6-10)25(23,24)19-13-9-14(17(21)22)18-16-12(13)3-2-4-15(16)20/h2-9,20H,1H3,(H,18,19)(H,21,22). The highest BCUT2D eigenvalue weighted by Gasteiger charge is 2.19. The van der Waals surface area contributed by atoms with E-state index in [1.807, 2.05) is 6.92 Å². The van der Waals surface area contributed by atoms with E-state index in [1.54, 1.807) is 18.2 Å². The van der Waals surface area contributed by atoms with Crippen molar-refractivity contribution < 1.29 is 23.4 Å². The van der Waals surface area contributed by atoms with Crippen molar-refractivity contribution in [2.75, 3.05) is 4.72 Å². The second kappa shape index (κ2) is 6.06. The zero-order valence-electron chi connectivity index (χ0n) is 13.1. The van der Waals surface area contributed by atoms with Gasteiger partial charge < -0.3 is 10.2 Å². The van der Waals surface area contributed by atoms with Gasteiger partial charge in [-0.1, -0.05) is 29.8 Å². The molecule has 1 heterocycles. The molecule has 0 aliphatic heterocycles. The van der Waals surface area contributed by atoms with Gasteiger partial charge in [0.2, 0.25) is 0 Å². The highest BCUT2D eigenvalue weighted by molar-refractivity contribution is 7.92. The zero-order valence-corrected chi connectivity index (χ0v) is 13.9. The number of para-hydroxylation sites is 1. The molecule has 8 heteroatoms. The fraction of sp³-hybridized carbons (Fsp3) is 0.0588. The van der Waals surface area contributed by atoms with E-state index in [2.05, 4.69) is 9.71 Å².